The van der Waals surface area contributed by atoms with Crippen LogP contribution < -0.4 is 0 Å². The smallest absolute Gasteiger partial charge is 0.261 e. The molecule has 15 heavy (non-hydrogen) atoms. The van der Waals surface area contributed by atoms with E-state index in [9.17, 15) is 5.11 Å². The lowest BCUT2D eigenvalue weighted by Gasteiger charge is -2.00. The Labute approximate surface area is 86.7 Å². The zero-order valence-electron chi connectivity index (χ0n) is 8.38. The largest absolute Gasteiger partial charge is 0.472 e. The van der Waals surface area contributed by atoms with Crippen LogP contribution in [0.3, 0.4) is 0 Å². The molecule has 2 rings (SSSR count). The third-order valence-corrected chi connectivity index (χ3v) is 2.07. The van der Waals surface area contributed by atoms with Crippen LogP contribution in [0.5, 0.6) is 0 Å². The van der Waals surface area contributed by atoms with Gasteiger partial charge in [0.25, 0.3) is 5.89 Å². The Kier molecular flexibility index (Phi) is 2.82. The van der Waals surface area contributed by atoms with Crippen molar-refractivity contribution in [1.82, 2.24) is 10.1 Å². The second-order valence-corrected chi connectivity index (χ2v) is 3.27. The van der Waals surface area contributed by atoms with Crippen LogP contribution in [0, 0.1) is 0 Å². The van der Waals surface area contributed by atoms with Gasteiger partial charge in [-0.2, -0.15) is 4.98 Å². The Hall–Kier alpha value is -1.62. The molecule has 0 aromatic carbocycles. The second kappa shape index (κ2) is 4.27. The highest BCUT2D eigenvalue weighted by atomic mass is 16.5. The SMILES string of the molecule is CCCC(O)c1noc(-c2ccoc2)n1. The molecule has 5 heteroatoms. The fourth-order valence-corrected chi connectivity index (χ4v) is 1.28. The van der Waals surface area contributed by atoms with Gasteiger partial charge in [-0.1, -0.05) is 18.5 Å². The number of hydrogen-bond donors (Lipinski definition) is 1. The van der Waals surface area contributed by atoms with Crippen LogP contribution in [0.25, 0.3) is 11.5 Å². The molecular formula is C10H12N2O3. The van der Waals surface area contributed by atoms with Gasteiger partial charge in [0.2, 0.25) is 5.82 Å². The van der Waals surface area contributed by atoms with Gasteiger partial charge in [0.05, 0.1) is 11.8 Å². The standard InChI is InChI=1S/C10H12N2O3/c1-2-3-8(13)9-11-10(15-12-9)7-4-5-14-6-7/h4-6,8,13H,2-3H2,1H3. The van der Waals surface area contributed by atoms with Crippen molar-refractivity contribution in [1.29, 1.82) is 0 Å². The monoisotopic (exact) mass is 208 g/mol. The number of aliphatic hydroxyl groups is 1. The third kappa shape index (κ3) is 2.07. The first-order valence-corrected chi connectivity index (χ1v) is 4.85. The van der Waals surface area contributed by atoms with Crippen molar-refractivity contribution in [2.75, 3.05) is 0 Å². The summed E-state index contributed by atoms with van der Waals surface area (Å²) in [6, 6.07) is 1.73. The van der Waals surface area contributed by atoms with Gasteiger partial charge in [-0.15, -0.1) is 0 Å². The van der Waals surface area contributed by atoms with Crippen molar-refractivity contribution in [2.45, 2.75) is 25.9 Å². The Bertz CT molecular complexity index is 408. The molecule has 2 aromatic rings. The number of nitrogens with zero attached hydrogens (tertiary/aromatic N) is 2. The van der Waals surface area contributed by atoms with Gasteiger partial charge in [-0.3, -0.25) is 0 Å². The minimum Gasteiger partial charge on any atom is -0.472 e. The zero-order valence-corrected chi connectivity index (χ0v) is 8.38. The molecule has 0 aliphatic carbocycles. The molecule has 2 aromatic heterocycles. The highest BCUT2D eigenvalue weighted by Gasteiger charge is 2.15. The van der Waals surface area contributed by atoms with E-state index in [-0.39, 0.29) is 0 Å². The van der Waals surface area contributed by atoms with Crippen molar-refractivity contribution in [2.24, 2.45) is 0 Å². The van der Waals surface area contributed by atoms with E-state index in [1.54, 1.807) is 6.07 Å². The quantitative estimate of drug-likeness (QED) is 0.833. The molecule has 0 radical (unpaired) electrons. The van der Waals surface area contributed by atoms with Crippen LogP contribution in [0.2, 0.25) is 0 Å². The number of rotatable bonds is 4. The normalized spacial score (nSPS) is 12.9. The van der Waals surface area contributed by atoms with E-state index in [1.165, 1.54) is 12.5 Å². The van der Waals surface area contributed by atoms with Crippen molar-refractivity contribution >= 4 is 0 Å². The molecule has 0 aliphatic heterocycles. The molecule has 1 unspecified atom stereocenters. The van der Waals surface area contributed by atoms with Gasteiger partial charge in [-0.25, -0.2) is 0 Å². The fraction of sp³-hybridized carbons (Fsp3) is 0.400. The minimum absolute atomic E-state index is 0.327. The summed E-state index contributed by atoms with van der Waals surface area (Å²) < 4.78 is 9.89. The molecule has 0 saturated heterocycles. The van der Waals surface area contributed by atoms with E-state index in [4.69, 9.17) is 8.94 Å². The number of aliphatic hydroxyl groups excluding tert-OH is 1. The predicted molar refractivity (Wildman–Crippen MR) is 51.9 cm³/mol. The molecule has 1 atom stereocenters. The Morgan fingerprint density at radius 3 is 3.07 bits per heavy atom. The van der Waals surface area contributed by atoms with E-state index in [2.05, 4.69) is 10.1 Å². The maximum absolute atomic E-state index is 9.62. The molecule has 0 spiro atoms. The van der Waals surface area contributed by atoms with Gasteiger partial charge in [0.1, 0.15) is 12.4 Å². The number of hydrogen-bond acceptors (Lipinski definition) is 5. The van der Waals surface area contributed by atoms with Crippen LogP contribution in [-0.2, 0) is 0 Å². The van der Waals surface area contributed by atoms with E-state index in [1.807, 2.05) is 6.92 Å². The molecular weight excluding hydrogens is 196 g/mol. The van der Waals surface area contributed by atoms with E-state index in [0.717, 1.165) is 12.0 Å². The molecule has 0 bridgehead atoms. The van der Waals surface area contributed by atoms with Crippen molar-refractivity contribution in [3.8, 4) is 11.5 Å². The molecule has 0 saturated carbocycles. The van der Waals surface area contributed by atoms with Gasteiger partial charge in [0.15, 0.2) is 0 Å². The van der Waals surface area contributed by atoms with Crippen LogP contribution >= 0.6 is 0 Å². The first kappa shape index (κ1) is 9.92. The summed E-state index contributed by atoms with van der Waals surface area (Å²) in [5.41, 5.74) is 0.720. The van der Waals surface area contributed by atoms with Crippen LogP contribution in [-0.4, -0.2) is 15.2 Å². The molecule has 0 fully saturated rings. The molecule has 2 heterocycles. The minimum atomic E-state index is -0.653. The topological polar surface area (TPSA) is 72.3 Å². The third-order valence-electron chi connectivity index (χ3n) is 2.07. The highest BCUT2D eigenvalue weighted by molar-refractivity contribution is 5.49. The van der Waals surface area contributed by atoms with Crippen LogP contribution in [0.4, 0.5) is 0 Å². The fourth-order valence-electron chi connectivity index (χ4n) is 1.28. The molecule has 0 aliphatic rings. The summed E-state index contributed by atoms with van der Waals surface area (Å²) in [5, 5.41) is 13.3. The number of aromatic nitrogens is 2. The van der Waals surface area contributed by atoms with Gasteiger partial charge in [-0.05, 0) is 12.5 Å². The number of furan rings is 1. The zero-order chi connectivity index (χ0) is 10.7. The summed E-state index contributed by atoms with van der Waals surface area (Å²) in [7, 11) is 0. The Morgan fingerprint density at radius 1 is 1.53 bits per heavy atom. The maximum Gasteiger partial charge on any atom is 0.261 e. The lowest BCUT2D eigenvalue weighted by Crippen LogP contribution is -1.98. The summed E-state index contributed by atoms with van der Waals surface area (Å²) in [6.07, 6.45) is 3.89. The predicted octanol–water partition coefficient (Wildman–Crippen LogP) is 2.16. The summed E-state index contributed by atoms with van der Waals surface area (Å²) in [6.45, 7) is 1.99. The van der Waals surface area contributed by atoms with Crippen LogP contribution in [0.1, 0.15) is 31.7 Å². The van der Waals surface area contributed by atoms with Gasteiger partial charge < -0.3 is 14.0 Å². The first-order chi connectivity index (χ1) is 7.31. The molecule has 80 valence electrons. The summed E-state index contributed by atoms with van der Waals surface area (Å²) in [4.78, 5) is 4.08. The van der Waals surface area contributed by atoms with Gasteiger partial charge in [0, 0.05) is 0 Å². The lowest BCUT2D eigenvalue weighted by atomic mass is 10.2. The summed E-state index contributed by atoms with van der Waals surface area (Å²) >= 11 is 0. The molecule has 1 N–H and O–H groups in total. The Morgan fingerprint density at radius 2 is 2.40 bits per heavy atom. The first-order valence-electron chi connectivity index (χ1n) is 4.85. The van der Waals surface area contributed by atoms with E-state index < -0.39 is 6.10 Å². The van der Waals surface area contributed by atoms with E-state index in [0.29, 0.717) is 18.1 Å². The second-order valence-electron chi connectivity index (χ2n) is 3.27. The van der Waals surface area contributed by atoms with Crippen LogP contribution in [0.15, 0.2) is 27.5 Å². The molecule has 5 nitrogen and oxygen atoms in total. The maximum atomic E-state index is 9.62. The average molecular weight is 208 g/mol. The van der Waals surface area contributed by atoms with Crippen molar-refractivity contribution < 1.29 is 14.0 Å². The van der Waals surface area contributed by atoms with Crippen molar-refractivity contribution in [3.63, 3.8) is 0 Å². The highest BCUT2D eigenvalue weighted by Crippen LogP contribution is 2.21. The van der Waals surface area contributed by atoms with Gasteiger partial charge >= 0.3 is 0 Å². The van der Waals surface area contributed by atoms with Crippen molar-refractivity contribution in [3.05, 3.63) is 24.4 Å². The lowest BCUT2D eigenvalue weighted by molar-refractivity contribution is 0.153. The molecule has 0 amide bonds. The Balaban J connectivity index is 2.17. The van der Waals surface area contributed by atoms with E-state index >= 15 is 0 Å². The summed E-state index contributed by atoms with van der Waals surface area (Å²) in [5.74, 6) is 0.696. The average Bonchev–Trinajstić information content (AvgIpc) is 2.89.